The van der Waals surface area contributed by atoms with Gasteiger partial charge in [-0.1, -0.05) is 11.2 Å². The van der Waals surface area contributed by atoms with Crippen LogP contribution in [0.3, 0.4) is 0 Å². The van der Waals surface area contributed by atoms with Crippen molar-refractivity contribution in [3.05, 3.63) is 33.9 Å². The second kappa shape index (κ2) is 3.37. The van der Waals surface area contributed by atoms with Crippen LogP contribution in [0.4, 0.5) is 0 Å². The number of oxime groups is 1. The van der Waals surface area contributed by atoms with E-state index in [2.05, 4.69) is 11.2 Å². The highest BCUT2D eigenvalue weighted by atomic mass is 16.4. The summed E-state index contributed by atoms with van der Waals surface area (Å²) in [5, 5.41) is 12.0. The van der Waals surface area contributed by atoms with Crippen LogP contribution in [0, 0.1) is 0 Å². The zero-order valence-electron chi connectivity index (χ0n) is 8.79. The van der Waals surface area contributed by atoms with Crippen molar-refractivity contribution in [3.8, 4) is 0 Å². The quantitative estimate of drug-likeness (QED) is 0.422. The van der Waals surface area contributed by atoms with Crippen molar-refractivity contribution >= 4 is 6.21 Å². The van der Waals surface area contributed by atoms with Crippen molar-refractivity contribution in [2.24, 2.45) is 5.16 Å². The normalized spacial score (nSPS) is 18.4. The number of rotatable bonds is 1. The number of fused-ring (bicyclic) bond motifs is 2. The Kier molecular flexibility index (Phi) is 2.01. The van der Waals surface area contributed by atoms with Gasteiger partial charge in [-0.2, -0.15) is 0 Å². The molecule has 2 aliphatic rings. The molecule has 1 aromatic rings. The molecule has 0 bridgehead atoms. The second-order valence-electron chi connectivity index (χ2n) is 4.52. The zero-order chi connectivity index (χ0) is 10.3. The number of nitrogens with zero attached hydrogens (tertiary/aromatic N) is 1. The number of hydrogen-bond acceptors (Lipinski definition) is 2. The highest BCUT2D eigenvalue weighted by Crippen LogP contribution is 2.34. The van der Waals surface area contributed by atoms with E-state index < -0.39 is 0 Å². The molecule has 0 saturated carbocycles. The first kappa shape index (κ1) is 8.96. The minimum absolute atomic E-state index is 1.16. The standard InChI is InChI=1S/C13H15NO/c15-14-8-13-11-5-1-3-9(11)7-10-4-2-6-12(10)13/h7-8,15H,1-6H2/b14-8-. The third kappa shape index (κ3) is 1.28. The van der Waals surface area contributed by atoms with Crippen molar-refractivity contribution in [2.45, 2.75) is 38.5 Å². The Labute approximate surface area is 89.6 Å². The minimum atomic E-state index is 1.16. The molecule has 0 fully saturated rings. The van der Waals surface area contributed by atoms with Crippen LogP contribution in [0.15, 0.2) is 11.2 Å². The third-order valence-electron chi connectivity index (χ3n) is 3.71. The van der Waals surface area contributed by atoms with E-state index >= 15 is 0 Å². The molecule has 0 unspecified atom stereocenters. The SMILES string of the molecule is O/N=C\c1c2c(cc3c1CCC3)CCC2. The van der Waals surface area contributed by atoms with Gasteiger partial charge in [0.05, 0.1) is 6.21 Å². The fourth-order valence-electron chi connectivity index (χ4n) is 3.07. The molecular weight excluding hydrogens is 186 g/mol. The Bertz CT molecular complexity index is 402. The molecule has 0 aliphatic heterocycles. The van der Waals surface area contributed by atoms with Crippen molar-refractivity contribution < 1.29 is 5.21 Å². The Morgan fingerprint density at radius 1 is 1.00 bits per heavy atom. The lowest BCUT2D eigenvalue weighted by Crippen LogP contribution is -1.99. The summed E-state index contributed by atoms with van der Waals surface area (Å²) in [4.78, 5) is 0. The molecule has 15 heavy (non-hydrogen) atoms. The van der Waals surface area contributed by atoms with Crippen LogP contribution < -0.4 is 0 Å². The molecule has 0 heterocycles. The first-order valence-electron chi connectivity index (χ1n) is 5.74. The molecule has 2 nitrogen and oxygen atoms in total. The van der Waals surface area contributed by atoms with Crippen molar-refractivity contribution in [1.82, 2.24) is 0 Å². The minimum Gasteiger partial charge on any atom is -0.411 e. The number of hydrogen-bond donors (Lipinski definition) is 1. The third-order valence-corrected chi connectivity index (χ3v) is 3.71. The molecular formula is C13H15NO. The lowest BCUT2D eigenvalue weighted by molar-refractivity contribution is 0.322. The molecule has 0 atom stereocenters. The van der Waals surface area contributed by atoms with E-state index in [0.29, 0.717) is 0 Å². The number of benzene rings is 1. The molecule has 78 valence electrons. The lowest BCUT2D eigenvalue weighted by atomic mass is 9.95. The first-order valence-corrected chi connectivity index (χ1v) is 5.74. The van der Waals surface area contributed by atoms with Crippen LogP contribution in [0.2, 0.25) is 0 Å². The predicted molar refractivity (Wildman–Crippen MR) is 59.9 cm³/mol. The molecule has 0 aromatic heterocycles. The van der Waals surface area contributed by atoms with Gasteiger partial charge in [0.25, 0.3) is 0 Å². The van der Waals surface area contributed by atoms with E-state index in [0.717, 1.165) is 12.8 Å². The second-order valence-corrected chi connectivity index (χ2v) is 4.52. The molecule has 0 spiro atoms. The fraction of sp³-hybridized carbons (Fsp3) is 0.462. The maximum absolute atomic E-state index is 8.75. The van der Waals surface area contributed by atoms with E-state index in [9.17, 15) is 0 Å². The summed E-state index contributed by atoms with van der Waals surface area (Å²) in [5.74, 6) is 0. The Hall–Kier alpha value is -1.31. The van der Waals surface area contributed by atoms with Crippen molar-refractivity contribution in [2.75, 3.05) is 0 Å². The van der Waals surface area contributed by atoms with Crippen LogP contribution in [0.25, 0.3) is 0 Å². The summed E-state index contributed by atoms with van der Waals surface area (Å²) in [5.41, 5.74) is 7.08. The summed E-state index contributed by atoms with van der Waals surface area (Å²) >= 11 is 0. The monoisotopic (exact) mass is 201 g/mol. The van der Waals surface area contributed by atoms with Crippen LogP contribution in [0.1, 0.15) is 40.7 Å². The highest BCUT2D eigenvalue weighted by Gasteiger charge is 2.22. The average molecular weight is 201 g/mol. The van der Waals surface area contributed by atoms with Crippen molar-refractivity contribution in [1.29, 1.82) is 0 Å². The molecule has 0 radical (unpaired) electrons. The van der Waals surface area contributed by atoms with Gasteiger partial charge < -0.3 is 5.21 Å². The largest absolute Gasteiger partial charge is 0.411 e. The van der Waals surface area contributed by atoms with Gasteiger partial charge in [0, 0.05) is 5.56 Å². The smallest absolute Gasteiger partial charge is 0.0739 e. The van der Waals surface area contributed by atoms with Gasteiger partial charge in [-0.15, -0.1) is 0 Å². The van der Waals surface area contributed by atoms with Gasteiger partial charge >= 0.3 is 0 Å². The van der Waals surface area contributed by atoms with E-state index in [1.165, 1.54) is 53.5 Å². The van der Waals surface area contributed by atoms with Gasteiger partial charge in [-0.05, 0) is 60.8 Å². The van der Waals surface area contributed by atoms with Crippen molar-refractivity contribution in [3.63, 3.8) is 0 Å². The van der Waals surface area contributed by atoms with E-state index in [1.807, 2.05) is 0 Å². The Morgan fingerprint density at radius 3 is 2.13 bits per heavy atom. The van der Waals surface area contributed by atoms with Crippen LogP contribution in [0.5, 0.6) is 0 Å². The fourth-order valence-corrected chi connectivity index (χ4v) is 3.07. The van der Waals surface area contributed by atoms with Gasteiger partial charge in [-0.3, -0.25) is 0 Å². The summed E-state index contributed by atoms with van der Waals surface area (Å²) in [6, 6.07) is 2.39. The molecule has 1 aromatic carbocycles. The highest BCUT2D eigenvalue weighted by molar-refractivity contribution is 5.85. The van der Waals surface area contributed by atoms with Gasteiger partial charge in [0.1, 0.15) is 0 Å². The van der Waals surface area contributed by atoms with E-state index in [-0.39, 0.29) is 0 Å². The van der Waals surface area contributed by atoms with Gasteiger partial charge in [-0.25, -0.2) is 0 Å². The van der Waals surface area contributed by atoms with Crippen LogP contribution in [-0.2, 0) is 25.7 Å². The number of aryl methyl sites for hydroxylation is 2. The predicted octanol–water partition coefficient (Wildman–Crippen LogP) is 2.47. The molecule has 0 saturated heterocycles. The molecule has 0 amide bonds. The summed E-state index contributed by atoms with van der Waals surface area (Å²) in [6.07, 6.45) is 8.88. The van der Waals surface area contributed by atoms with Crippen LogP contribution in [-0.4, -0.2) is 11.4 Å². The van der Waals surface area contributed by atoms with E-state index in [4.69, 9.17) is 5.21 Å². The van der Waals surface area contributed by atoms with E-state index in [1.54, 1.807) is 6.21 Å². The topological polar surface area (TPSA) is 32.6 Å². The van der Waals surface area contributed by atoms with Crippen LogP contribution >= 0.6 is 0 Å². The van der Waals surface area contributed by atoms with Gasteiger partial charge in [0.2, 0.25) is 0 Å². The molecule has 2 aliphatic carbocycles. The Morgan fingerprint density at radius 2 is 1.60 bits per heavy atom. The van der Waals surface area contributed by atoms with Gasteiger partial charge in [0.15, 0.2) is 0 Å². The maximum atomic E-state index is 8.75. The summed E-state index contributed by atoms with van der Waals surface area (Å²) in [7, 11) is 0. The summed E-state index contributed by atoms with van der Waals surface area (Å²) < 4.78 is 0. The molecule has 2 heteroatoms. The first-order chi connectivity index (χ1) is 7.40. The average Bonchev–Trinajstić information content (AvgIpc) is 2.84. The Balaban J connectivity index is 2.24. The molecule has 1 N–H and O–H groups in total. The summed E-state index contributed by atoms with van der Waals surface area (Å²) in [6.45, 7) is 0. The lowest BCUT2D eigenvalue weighted by Gasteiger charge is -2.10. The maximum Gasteiger partial charge on any atom is 0.0739 e. The zero-order valence-corrected chi connectivity index (χ0v) is 8.79. The molecule has 3 rings (SSSR count).